The number of imidazole rings is 1. The number of benzene rings is 1. The molecule has 218 valence electrons. The van der Waals surface area contributed by atoms with Gasteiger partial charge in [0.2, 0.25) is 5.91 Å². The molecule has 1 saturated carbocycles. The maximum Gasteiger partial charge on any atom is 0.416 e. The Bertz CT molecular complexity index is 1700. The van der Waals surface area contributed by atoms with Crippen molar-refractivity contribution in [3.63, 3.8) is 0 Å². The third kappa shape index (κ3) is 5.14. The second-order valence-electron chi connectivity index (χ2n) is 10.8. The van der Waals surface area contributed by atoms with E-state index in [0.29, 0.717) is 24.0 Å². The van der Waals surface area contributed by atoms with Crippen molar-refractivity contribution in [1.82, 2.24) is 24.3 Å². The number of carbonyl (C=O) groups excluding carboxylic acids is 2. The molecular formula is C29H27F4N7O2. The fraction of sp³-hybridized carbons (Fsp3) is 0.345. The topological polar surface area (TPSA) is 119 Å². The molecule has 13 heteroatoms. The van der Waals surface area contributed by atoms with Crippen LogP contribution in [0, 0.1) is 11.7 Å². The Morgan fingerprint density at radius 2 is 1.83 bits per heavy atom. The first kappa shape index (κ1) is 27.6. The van der Waals surface area contributed by atoms with E-state index in [0.717, 1.165) is 44.0 Å². The van der Waals surface area contributed by atoms with E-state index >= 15 is 4.39 Å². The molecule has 3 N–H and O–H groups in total. The zero-order valence-corrected chi connectivity index (χ0v) is 22.5. The summed E-state index contributed by atoms with van der Waals surface area (Å²) >= 11 is 0. The number of anilines is 2. The van der Waals surface area contributed by atoms with Crippen LogP contribution in [0.2, 0.25) is 0 Å². The van der Waals surface area contributed by atoms with E-state index in [1.807, 2.05) is 11.8 Å². The minimum atomic E-state index is -4.61. The van der Waals surface area contributed by atoms with Crippen molar-refractivity contribution in [1.29, 1.82) is 0 Å². The minimum Gasteiger partial charge on any atom is -0.382 e. The van der Waals surface area contributed by atoms with Crippen LogP contribution in [0.25, 0.3) is 16.8 Å². The third-order valence-electron chi connectivity index (χ3n) is 7.88. The second kappa shape index (κ2) is 10.4. The number of carbonyl (C=O) groups is 2. The van der Waals surface area contributed by atoms with Crippen molar-refractivity contribution in [2.45, 2.75) is 50.7 Å². The van der Waals surface area contributed by atoms with Crippen LogP contribution in [0.4, 0.5) is 29.2 Å². The fourth-order valence-corrected chi connectivity index (χ4v) is 5.46. The Morgan fingerprint density at radius 1 is 1.05 bits per heavy atom. The Labute approximate surface area is 237 Å². The van der Waals surface area contributed by atoms with Crippen molar-refractivity contribution >= 4 is 29.0 Å². The summed E-state index contributed by atoms with van der Waals surface area (Å²) in [6.07, 6.45) is 2.94. The maximum atomic E-state index is 15.6. The lowest BCUT2D eigenvalue weighted by Gasteiger charge is -2.37. The minimum absolute atomic E-state index is 0.0716. The number of halogens is 4. The lowest BCUT2D eigenvalue weighted by Crippen LogP contribution is -2.45. The van der Waals surface area contributed by atoms with Crippen LogP contribution in [0.3, 0.4) is 0 Å². The number of hydrogen-bond donors (Lipinski definition) is 2. The molecule has 1 aromatic carbocycles. The van der Waals surface area contributed by atoms with E-state index < -0.39 is 23.5 Å². The van der Waals surface area contributed by atoms with Gasteiger partial charge in [-0.2, -0.15) is 13.2 Å². The molecule has 2 amide bonds. The number of alkyl halides is 3. The summed E-state index contributed by atoms with van der Waals surface area (Å²) < 4.78 is 56.4. The monoisotopic (exact) mass is 581 g/mol. The highest BCUT2D eigenvalue weighted by atomic mass is 19.4. The molecule has 2 unspecified atom stereocenters. The zero-order valence-electron chi connectivity index (χ0n) is 22.5. The van der Waals surface area contributed by atoms with E-state index in [1.165, 1.54) is 18.3 Å². The molecule has 1 saturated heterocycles. The van der Waals surface area contributed by atoms with Crippen molar-refractivity contribution < 1.29 is 27.2 Å². The molecule has 0 spiro atoms. The average Bonchev–Trinajstić information content (AvgIpc) is 3.73. The van der Waals surface area contributed by atoms with Gasteiger partial charge < -0.3 is 16.0 Å². The number of aromatic nitrogens is 4. The standard InChI is InChI=1S/C29H27F4N7O2/c1-15-2-3-18(14-40(15)28(42)16-4-5-16)26-38-23(24-25(34)36-10-11-39(24)26)20-7-6-17(12-21(20)30)27(41)37-22-13-19(8-9-35-22)29(31,32)33/h6-13,15-16,18H,2-5,14H2,1H3,(H2,34,36)(H,35,37,41). The number of pyridine rings is 1. The first-order valence-electron chi connectivity index (χ1n) is 13.6. The number of amides is 2. The Hall–Kier alpha value is -4.55. The average molecular weight is 582 g/mol. The Kier molecular flexibility index (Phi) is 6.82. The highest BCUT2D eigenvalue weighted by Gasteiger charge is 2.39. The van der Waals surface area contributed by atoms with Crippen LogP contribution in [-0.4, -0.2) is 48.7 Å². The number of nitrogens with two attached hydrogens (primary N) is 1. The van der Waals surface area contributed by atoms with E-state index in [4.69, 9.17) is 10.7 Å². The van der Waals surface area contributed by atoms with Gasteiger partial charge in [-0.1, -0.05) is 0 Å². The van der Waals surface area contributed by atoms with Gasteiger partial charge in [-0.05, 0) is 62.9 Å². The largest absolute Gasteiger partial charge is 0.416 e. The molecule has 1 aliphatic carbocycles. The van der Waals surface area contributed by atoms with E-state index in [9.17, 15) is 22.8 Å². The number of hydrogen-bond acceptors (Lipinski definition) is 6. The molecule has 1 aliphatic heterocycles. The molecule has 0 bridgehead atoms. The summed E-state index contributed by atoms with van der Waals surface area (Å²) in [6, 6.07) is 5.29. The zero-order chi connectivity index (χ0) is 29.8. The van der Waals surface area contributed by atoms with Crippen LogP contribution < -0.4 is 11.1 Å². The van der Waals surface area contributed by atoms with Gasteiger partial charge >= 0.3 is 6.18 Å². The van der Waals surface area contributed by atoms with Gasteiger partial charge in [-0.15, -0.1) is 0 Å². The third-order valence-corrected chi connectivity index (χ3v) is 7.88. The smallest absolute Gasteiger partial charge is 0.382 e. The summed E-state index contributed by atoms with van der Waals surface area (Å²) in [5.74, 6) is -1.02. The predicted molar refractivity (Wildman–Crippen MR) is 146 cm³/mol. The lowest BCUT2D eigenvalue weighted by atomic mass is 9.92. The van der Waals surface area contributed by atoms with Gasteiger partial charge in [0.1, 0.15) is 34.5 Å². The molecule has 6 rings (SSSR count). The van der Waals surface area contributed by atoms with Gasteiger partial charge in [0, 0.05) is 54.1 Å². The van der Waals surface area contributed by atoms with Crippen LogP contribution in [-0.2, 0) is 11.0 Å². The summed E-state index contributed by atoms with van der Waals surface area (Å²) in [7, 11) is 0. The molecule has 4 aromatic rings. The molecule has 3 aromatic heterocycles. The maximum absolute atomic E-state index is 15.6. The number of fused-ring (bicyclic) bond motifs is 1. The van der Waals surface area contributed by atoms with Crippen molar-refractivity contribution in [2.75, 3.05) is 17.6 Å². The van der Waals surface area contributed by atoms with Gasteiger partial charge in [-0.3, -0.25) is 14.0 Å². The van der Waals surface area contributed by atoms with E-state index in [1.54, 1.807) is 10.6 Å². The predicted octanol–water partition coefficient (Wildman–Crippen LogP) is 5.29. The molecule has 42 heavy (non-hydrogen) atoms. The van der Waals surface area contributed by atoms with Crippen LogP contribution in [0.5, 0.6) is 0 Å². The molecular weight excluding hydrogens is 554 g/mol. The number of nitrogens with zero attached hydrogens (tertiary/aromatic N) is 5. The number of piperidine rings is 1. The highest BCUT2D eigenvalue weighted by molar-refractivity contribution is 6.04. The molecule has 4 heterocycles. The van der Waals surface area contributed by atoms with Crippen LogP contribution in [0.1, 0.15) is 60.3 Å². The fourth-order valence-electron chi connectivity index (χ4n) is 5.46. The summed E-state index contributed by atoms with van der Waals surface area (Å²) in [5, 5.41) is 2.27. The van der Waals surface area contributed by atoms with Gasteiger partial charge in [0.25, 0.3) is 5.91 Å². The van der Waals surface area contributed by atoms with Crippen LogP contribution >= 0.6 is 0 Å². The van der Waals surface area contributed by atoms with Crippen molar-refractivity contribution in [3.05, 3.63) is 71.7 Å². The highest BCUT2D eigenvalue weighted by Crippen LogP contribution is 2.39. The Morgan fingerprint density at radius 3 is 2.55 bits per heavy atom. The quantitative estimate of drug-likeness (QED) is 0.310. The molecule has 2 aliphatic rings. The van der Waals surface area contributed by atoms with Crippen molar-refractivity contribution in [2.24, 2.45) is 5.92 Å². The molecule has 2 atom stereocenters. The molecule has 9 nitrogen and oxygen atoms in total. The first-order valence-corrected chi connectivity index (χ1v) is 13.6. The molecule has 0 radical (unpaired) electrons. The van der Waals surface area contributed by atoms with E-state index in [-0.39, 0.29) is 52.2 Å². The lowest BCUT2D eigenvalue weighted by molar-refractivity contribution is -0.138. The molecule has 2 fully saturated rings. The second-order valence-corrected chi connectivity index (χ2v) is 10.8. The Balaban J connectivity index is 1.31. The summed E-state index contributed by atoms with van der Waals surface area (Å²) in [5.41, 5.74) is 5.83. The normalized spacial score (nSPS) is 19.2. The summed E-state index contributed by atoms with van der Waals surface area (Å²) in [6.45, 7) is 2.53. The number of rotatable bonds is 5. The van der Waals surface area contributed by atoms with Crippen LogP contribution in [0.15, 0.2) is 48.9 Å². The van der Waals surface area contributed by atoms with Gasteiger partial charge in [0.15, 0.2) is 0 Å². The SMILES string of the molecule is CC1CCC(c2nc(-c3ccc(C(=O)Nc4cc(C(F)(F)F)ccn4)cc3F)c3c(N)nccn23)CN1C(=O)C1CC1. The number of likely N-dealkylation sites (tertiary alicyclic amines) is 1. The van der Waals surface area contributed by atoms with Crippen molar-refractivity contribution in [3.8, 4) is 11.3 Å². The number of nitrogen functional groups attached to an aromatic ring is 1. The van der Waals surface area contributed by atoms with E-state index in [2.05, 4.69) is 15.3 Å². The first-order chi connectivity index (χ1) is 20.0. The number of nitrogens with one attached hydrogen (secondary N) is 1. The van der Waals surface area contributed by atoms with Gasteiger partial charge in [-0.25, -0.2) is 19.3 Å². The summed E-state index contributed by atoms with van der Waals surface area (Å²) in [4.78, 5) is 40.3. The van der Waals surface area contributed by atoms with Gasteiger partial charge in [0.05, 0.1) is 5.56 Å².